The maximum Gasteiger partial charge on any atom is 0.573 e. The molecule has 30 heavy (non-hydrogen) atoms. The number of amides is 2. The fourth-order valence-corrected chi connectivity index (χ4v) is 3.80. The first-order valence-corrected chi connectivity index (χ1v) is 9.76. The van der Waals surface area contributed by atoms with Crippen LogP contribution < -0.4 is 10.1 Å². The van der Waals surface area contributed by atoms with Gasteiger partial charge in [0.05, 0.1) is 5.02 Å². The number of hydrogen-bond acceptors (Lipinski definition) is 3. The summed E-state index contributed by atoms with van der Waals surface area (Å²) in [6.07, 6.45) is -2.57. The summed E-state index contributed by atoms with van der Waals surface area (Å²) >= 11 is 6.30. The minimum Gasteiger partial charge on any atom is -0.405 e. The number of halogens is 4. The molecule has 0 spiro atoms. The van der Waals surface area contributed by atoms with Crippen molar-refractivity contribution < 1.29 is 27.5 Å². The van der Waals surface area contributed by atoms with Crippen LogP contribution in [0.3, 0.4) is 0 Å². The molecule has 0 radical (unpaired) electrons. The quantitative estimate of drug-likeness (QED) is 0.706. The van der Waals surface area contributed by atoms with Gasteiger partial charge in [0.25, 0.3) is 0 Å². The summed E-state index contributed by atoms with van der Waals surface area (Å²) in [5, 5.41) is 2.89. The SMILES string of the molecule is CC(=O)N1CCCC[C@@H]1C(=O)Nc1ccc(-c2ccccc2OC(F)(F)F)c(Cl)c1. The molecule has 1 aliphatic heterocycles. The predicted molar refractivity (Wildman–Crippen MR) is 107 cm³/mol. The van der Waals surface area contributed by atoms with E-state index < -0.39 is 12.4 Å². The number of para-hydroxylation sites is 1. The summed E-state index contributed by atoms with van der Waals surface area (Å²) in [5.74, 6) is -0.859. The largest absolute Gasteiger partial charge is 0.573 e. The molecule has 0 unspecified atom stereocenters. The van der Waals surface area contributed by atoms with Crippen LogP contribution in [0, 0.1) is 0 Å². The van der Waals surface area contributed by atoms with Crippen molar-refractivity contribution in [1.82, 2.24) is 4.90 Å². The lowest BCUT2D eigenvalue weighted by Gasteiger charge is -2.33. The molecule has 1 N–H and O–H groups in total. The number of rotatable bonds is 4. The number of alkyl halides is 3. The van der Waals surface area contributed by atoms with E-state index in [0.29, 0.717) is 24.2 Å². The highest BCUT2D eigenvalue weighted by Gasteiger charge is 2.33. The number of nitrogens with one attached hydrogen (secondary N) is 1. The first-order chi connectivity index (χ1) is 14.2. The molecule has 9 heteroatoms. The monoisotopic (exact) mass is 440 g/mol. The maximum absolute atomic E-state index is 12.7. The zero-order valence-electron chi connectivity index (χ0n) is 16.1. The third kappa shape index (κ3) is 5.24. The van der Waals surface area contributed by atoms with E-state index in [-0.39, 0.29) is 28.1 Å². The van der Waals surface area contributed by atoms with Crippen LogP contribution in [0.1, 0.15) is 26.2 Å². The van der Waals surface area contributed by atoms with Crippen LogP contribution in [-0.2, 0) is 9.59 Å². The molecule has 0 aliphatic carbocycles. The van der Waals surface area contributed by atoms with Gasteiger partial charge >= 0.3 is 6.36 Å². The number of carbonyl (C=O) groups is 2. The van der Waals surface area contributed by atoms with Gasteiger partial charge in [0.1, 0.15) is 11.8 Å². The van der Waals surface area contributed by atoms with E-state index in [1.165, 1.54) is 37.3 Å². The van der Waals surface area contributed by atoms with E-state index >= 15 is 0 Å². The van der Waals surface area contributed by atoms with Crippen molar-refractivity contribution in [2.24, 2.45) is 0 Å². The lowest BCUT2D eigenvalue weighted by molar-refractivity contribution is -0.274. The first kappa shape index (κ1) is 22.0. The highest BCUT2D eigenvalue weighted by Crippen LogP contribution is 2.38. The number of nitrogens with zero attached hydrogens (tertiary/aromatic N) is 1. The number of likely N-dealkylation sites (tertiary alicyclic amines) is 1. The second-order valence-electron chi connectivity index (χ2n) is 6.95. The van der Waals surface area contributed by atoms with Gasteiger partial charge in [-0.05, 0) is 37.5 Å². The predicted octanol–water partition coefficient (Wildman–Crippen LogP) is 5.25. The zero-order valence-corrected chi connectivity index (χ0v) is 16.9. The molecule has 5 nitrogen and oxygen atoms in total. The number of piperidine rings is 1. The van der Waals surface area contributed by atoms with Gasteiger partial charge in [0.2, 0.25) is 11.8 Å². The minimum absolute atomic E-state index is 0.151. The van der Waals surface area contributed by atoms with Crippen LogP contribution in [0.5, 0.6) is 5.75 Å². The summed E-state index contributed by atoms with van der Waals surface area (Å²) in [7, 11) is 0. The lowest BCUT2D eigenvalue weighted by atomic mass is 10.0. The Bertz CT molecular complexity index is 949. The van der Waals surface area contributed by atoms with Crippen molar-refractivity contribution in [3.8, 4) is 16.9 Å². The van der Waals surface area contributed by atoms with Crippen LogP contribution in [0.4, 0.5) is 18.9 Å². The van der Waals surface area contributed by atoms with Gasteiger partial charge in [0, 0.05) is 30.3 Å². The summed E-state index contributed by atoms with van der Waals surface area (Å²) in [5.41, 5.74) is 0.891. The van der Waals surface area contributed by atoms with E-state index in [4.69, 9.17) is 11.6 Å². The van der Waals surface area contributed by atoms with Gasteiger partial charge in [-0.15, -0.1) is 13.2 Å². The lowest BCUT2D eigenvalue weighted by Crippen LogP contribution is -2.49. The second-order valence-corrected chi connectivity index (χ2v) is 7.36. The number of hydrogen-bond donors (Lipinski definition) is 1. The Morgan fingerprint density at radius 1 is 1.13 bits per heavy atom. The standard InChI is InChI=1S/C21H20ClF3N2O3/c1-13(28)27-11-5-4-7-18(27)20(29)26-14-9-10-15(17(22)12-14)16-6-2-3-8-19(16)30-21(23,24)25/h2-3,6,8-10,12,18H,4-5,7,11H2,1H3,(H,26,29)/t18-/m1/s1. The van der Waals surface area contributed by atoms with Gasteiger partial charge in [-0.25, -0.2) is 0 Å². The molecule has 160 valence electrons. The Balaban J connectivity index is 1.81. The topological polar surface area (TPSA) is 58.6 Å². The summed E-state index contributed by atoms with van der Waals surface area (Å²) in [4.78, 5) is 26.0. The number of benzene rings is 2. The van der Waals surface area contributed by atoms with Crippen molar-refractivity contribution in [3.05, 3.63) is 47.5 Å². The average molecular weight is 441 g/mol. The Kier molecular flexibility index (Phi) is 6.55. The first-order valence-electron chi connectivity index (χ1n) is 9.38. The van der Waals surface area contributed by atoms with Gasteiger partial charge in [-0.1, -0.05) is 35.9 Å². The van der Waals surface area contributed by atoms with E-state index in [9.17, 15) is 22.8 Å². The van der Waals surface area contributed by atoms with Crippen LogP contribution in [0.2, 0.25) is 5.02 Å². The van der Waals surface area contributed by atoms with Crippen LogP contribution in [0.25, 0.3) is 11.1 Å². The number of anilines is 1. The van der Waals surface area contributed by atoms with E-state index in [0.717, 1.165) is 12.8 Å². The second kappa shape index (κ2) is 8.95. The molecule has 1 fully saturated rings. The zero-order chi connectivity index (χ0) is 21.9. The number of ether oxygens (including phenoxy) is 1. The van der Waals surface area contributed by atoms with Crippen molar-refractivity contribution in [3.63, 3.8) is 0 Å². The summed E-state index contributed by atoms with van der Waals surface area (Å²) < 4.78 is 42.1. The van der Waals surface area contributed by atoms with Crippen molar-refractivity contribution in [1.29, 1.82) is 0 Å². The molecule has 2 amide bonds. The van der Waals surface area contributed by atoms with Crippen molar-refractivity contribution in [2.45, 2.75) is 38.6 Å². The molecule has 1 atom stereocenters. The van der Waals surface area contributed by atoms with Crippen molar-refractivity contribution in [2.75, 3.05) is 11.9 Å². The van der Waals surface area contributed by atoms with Gasteiger partial charge < -0.3 is 15.0 Å². The third-order valence-electron chi connectivity index (χ3n) is 4.85. The minimum atomic E-state index is -4.83. The Labute approximate surface area is 176 Å². The normalized spacial score (nSPS) is 16.8. The van der Waals surface area contributed by atoms with Crippen molar-refractivity contribution >= 4 is 29.1 Å². The molecule has 2 aromatic rings. The Hall–Kier alpha value is -2.74. The van der Waals surface area contributed by atoms with E-state index in [1.54, 1.807) is 17.0 Å². The molecular weight excluding hydrogens is 421 g/mol. The number of carbonyl (C=O) groups excluding carboxylic acids is 2. The molecule has 2 aromatic carbocycles. The fourth-order valence-electron chi connectivity index (χ4n) is 3.52. The summed E-state index contributed by atoms with van der Waals surface area (Å²) in [6.45, 7) is 1.96. The molecule has 0 bridgehead atoms. The third-order valence-corrected chi connectivity index (χ3v) is 5.16. The maximum atomic E-state index is 12.7. The highest BCUT2D eigenvalue weighted by molar-refractivity contribution is 6.33. The van der Waals surface area contributed by atoms with Gasteiger partial charge in [0.15, 0.2) is 0 Å². The van der Waals surface area contributed by atoms with Gasteiger partial charge in [-0.2, -0.15) is 0 Å². The molecule has 3 rings (SSSR count). The van der Waals surface area contributed by atoms with Gasteiger partial charge in [-0.3, -0.25) is 9.59 Å². The molecule has 1 aliphatic rings. The van der Waals surface area contributed by atoms with Crippen LogP contribution >= 0.6 is 11.6 Å². The molecular formula is C21H20ClF3N2O3. The Morgan fingerprint density at radius 3 is 2.53 bits per heavy atom. The fraction of sp³-hybridized carbons (Fsp3) is 0.333. The molecule has 0 saturated carbocycles. The molecule has 1 saturated heterocycles. The smallest absolute Gasteiger partial charge is 0.405 e. The molecule has 0 aromatic heterocycles. The molecule has 1 heterocycles. The van der Waals surface area contributed by atoms with Crippen LogP contribution in [-0.4, -0.2) is 35.7 Å². The van der Waals surface area contributed by atoms with E-state index in [1.807, 2.05) is 0 Å². The van der Waals surface area contributed by atoms with Crippen LogP contribution in [0.15, 0.2) is 42.5 Å². The van der Waals surface area contributed by atoms with E-state index in [2.05, 4.69) is 10.1 Å². The Morgan fingerprint density at radius 2 is 1.87 bits per heavy atom. The average Bonchev–Trinajstić information content (AvgIpc) is 2.67. The highest BCUT2D eigenvalue weighted by atomic mass is 35.5. The summed E-state index contributed by atoms with van der Waals surface area (Å²) in [6, 6.07) is 9.63.